The number of hydrogen-bond donors (Lipinski definition) is 1. The van der Waals surface area contributed by atoms with E-state index >= 15 is 0 Å². The summed E-state index contributed by atoms with van der Waals surface area (Å²) >= 11 is 0. The second-order valence-electron chi connectivity index (χ2n) is 6.10. The van der Waals surface area contributed by atoms with Crippen molar-refractivity contribution in [3.63, 3.8) is 0 Å². The maximum atomic E-state index is 12.0. The Morgan fingerprint density at radius 1 is 1.35 bits per heavy atom. The van der Waals surface area contributed by atoms with Gasteiger partial charge in [0.2, 0.25) is 5.91 Å². The number of amides is 1. The highest BCUT2D eigenvalue weighted by Crippen LogP contribution is 2.26. The number of carbonyl (C=O) groups excluding carboxylic acids is 1. The zero-order chi connectivity index (χ0) is 16.7. The van der Waals surface area contributed by atoms with E-state index in [9.17, 15) is 9.59 Å². The van der Waals surface area contributed by atoms with Gasteiger partial charge >= 0.3 is 0 Å². The molecule has 0 unspecified atom stereocenters. The summed E-state index contributed by atoms with van der Waals surface area (Å²) in [5, 5.41) is 2.78. The van der Waals surface area contributed by atoms with Crippen LogP contribution in [-0.2, 0) is 20.8 Å². The van der Waals surface area contributed by atoms with Gasteiger partial charge in [0.25, 0.3) is 5.56 Å². The quantitative estimate of drug-likeness (QED) is 0.834. The molecule has 1 heterocycles. The third-order valence-electron chi connectivity index (χ3n) is 4.26. The fourth-order valence-corrected chi connectivity index (χ4v) is 2.88. The Bertz CT molecular complexity index is 570. The van der Waals surface area contributed by atoms with Crippen molar-refractivity contribution in [2.24, 2.45) is 5.92 Å². The number of methoxy groups -OCH3 is 1. The molecule has 2 atom stereocenters. The molecule has 1 aliphatic rings. The Morgan fingerprint density at radius 2 is 2.13 bits per heavy atom. The van der Waals surface area contributed by atoms with Gasteiger partial charge in [-0.15, -0.1) is 0 Å². The van der Waals surface area contributed by atoms with Crippen LogP contribution in [0.3, 0.4) is 0 Å². The zero-order valence-corrected chi connectivity index (χ0v) is 13.9. The molecule has 6 heteroatoms. The van der Waals surface area contributed by atoms with Gasteiger partial charge in [-0.3, -0.25) is 9.59 Å². The normalized spacial score (nSPS) is 21.1. The Hall–Kier alpha value is -1.66. The molecular weight excluding hydrogens is 296 g/mol. The molecule has 1 aliphatic carbocycles. The standard InChI is InChI=1S/C17H26N2O4/c1-13-5-3-4-6-15(13)23-12-16(20)18-14-7-8-17(21)19(11-14)9-10-22-2/h7-8,11,13,15H,3-6,9-10,12H2,1-2H3,(H,18,20)/t13-,15-/m1/s1. The first kappa shape index (κ1) is 17.7. The molecule has 1 aromatic heterocycles. The number of nitrogens with zero attached hydrogens (tertiary/aromatic N) is 1. The van der Waals surface area contributed by atoms with E-state index in [-0.39, 0.29) is 24.2 Å². The van der Waals surface area contributed by atoms with E-state index in [1.54, 1.807) is 19.4 Å². The summed E-state index contributed by atoms with van der Waals surface area (Å²) in [4.78, 5) is 23.7. The molecule has 1 aromatic rings. The number of rotatable bonds is 7. The average molecular weight is 322 g/mol. The van der Waals surface area contributed by atoms with Crippen LogP contribution in [0.2, 0.25) is 0 Å². The van der Waals surface area contributed by atoms with Crippen molar-refractivity contribution in [1.29, 1.82) is 0 Å². The minimum absolute atomic E-state index is 0.0478. The lowest BCUT2D eigenvalue weighted by atomic mass is 9.88. The lowest BCUT2D eigenvalue weighted by Crippen LogP contribution is -2.30. The van der Waals surface area contributed by atoms with Crippen molar-refractivity contribution in [1.82, 2.24) is 4.57 Å². The number of aromatic nitrogens is 1. The molecule has 0 radical (unpaired) electrons. The molecule has 1 fully saturated rings. The zero-order valence-electron chi connectivity index (χ0n) is 13.9. The summed E-state index contributed by atoms with van der Waals surface area (Å²) in [6, 6.07) is 3.04. The summed E-state index contributed by atoms with van der Waals surface area (Å²) in [7, 11) is 1.58. The van der Waals surface area contributed by atoms with Crippen LogP contribution < -0.4 is 10.9 Å². The molecule has 0 aromatic carbocycles. The second kappa shape index (κ2) is 8.84. The highest BCUT2D eigenvalue weighted by molar-refractivity contribution is 5.91. The van der Waals surface area contributed by atoms with E-state index in [0.29, 0.717) is 24.8 Å². The van der Waals surface area contributed by atoms with Crippen LogP contribution in [0.4, 0.5) is 5.69 Å². The minimum Gasteiger partial charge on any atom is -0.383 e. The summed E-state index contributed by atoms with van der Waals surface area (Å²) < 4.78 is 12.2. The van der Waals surface area contributed by atoms with Crippen molar-refractivity contribution < 1.29 is 14.3 Å². The lowest BCUT2D eigenvalue weighted by Gasteiger charge is -2.28. The van der Waals surface area contributed by atoms with Crippen LogP contribution >= 0.6 is 0 Å². The predicted octanol–water partition coefficient (Wildman–Crippen LogP) is 2.03. The van der Waals surface area contributed by atoms with Gasteiger partial charge in [0, 0.05) is 25.9 Å². The molecule has 23 heavy (non-hydrogen) atoms. The SMILES string of the molecule is COCCn1cc(NC(=O)CO[C@@H]2CCCC[C@H]2C)ccc1=O. The number of carbonyl (C=O) groups is 1. The first-order valence-corrected chi connectivity index (χ1v) is 8.21. The number of pyridine rings is 1. The van der Waals surface area contributed by atoms with Gasteiger partial charge in [-0.25, -0.2) is 0 Å². The first-order valence-electron chi connectivity index (χ1n) is 8.21. The maximum Gasteiger partial charge on any atom is 0.250 e. The van der Waals surface area contributed by atoms with Crippen molar-refractivity contribution in [2.75, 3.05) is 25.6 Å². The molecule has 6 nitrogen and oxygen atoms in total. The van der Waals surface area contributed by atoms with Gasteiger partial charge in [0.15, 0.2) is 0 Å². The summed E-state index contributed by atoms with van der Waals surface area (Å²) in [6.07, 6.45) is 6.40. The fraction of sp³-hybridized carbons (Fsp3) is 0.647. The van der Waals surface area contributed by atoms with Gasteiger partial charge in [0.05, 0.1) is 18.4 Å². The van der Waals surface area contributed by atoms with Gasteiger partial charge in [-0.05, 0) is 24.8 Å². The van der Waals surface area contributed by atoms with Crippen LogP contribution in [0, 0.1) is 5.92 Å². The molecule has 1 N–H and O–H groups in total. The van der Waals surface area contributed by atoms with Gasteiger partial charge in [0.1, 0.15) is 6.61 Å². The van der Waals surface area contributed by atoms with Crippen molar-refractivity contribution in [2.45, 2.75) is 45.3 Å². The van der Waals surface area contributed by atoms with Crippen LogP contribution in [0.1, 0.15) is 32.6 Å². The predicted molar refractivity (Wildman–Crippen MR) is 88.6 cm³/mol. The maximum absolute atomic E-state index is 12.0. The van der Waals surface area contributed by atoms with Crippen LogP contribution in [0.5, 0.6) is 0 Å². The van der Waals surface area contributed by atoms with Crippen molar-refractivity contribution >= 4 is 11.6 Å². The summed E-state index contributed by atoms with van der Waals surface area (Å²) in [5.74, 6) is 0.312. The van der Waals surface area contributed by atoms with E-state index < -0.39 is 0 Å². The van der Waals surface area contributed by atoms with E-state index in [0.717, 1.165) is 12.8 Å². The monoisotopic (exact) mass is 322 g/mol. The van der Waals surface area contributed by atoms with E-state index in [1.165, 1.54) is 23.5 Å². The van der Waals surface area contributed by atoms with Crippen LogP contribution in [0.25, 0.3) is 0 Å². The molecule has 1 saturated carbocycles. The Labute approximate surface area is 136 Å². The van der Waals surface area contributed by atoms with Gasteiger partial charge in [-0.2, -0.15) is 0 Å². The molecule has 128 valence electrons. The third-order valence-corrected chi connectivity index (χ3v) is 4.26. The minimum atomic E-state index is -0.195. The summed E-state index contributed by atoms with van der Waals surface area (Å²) in [5.41, 5.74) is 0.471. The molecule has 1 amide bonds. The fourth-order valence-electron chi connectivity index (χ4n) is 2.88. The third kappa shape index (κ3) is 5.48. The van der Waals surface area contributed by atoms with Crippen LogP contribution in [-0.4, -0.2) is 36.9 Å². The van der Waals surface area contributed by atoms with Crippen molar-refractivity contribution in [3.8, 4) is 0 Å². The molecular formula is C17H26N2O4. The number of anilines is 1. The number of ether oxygens (including phenoxy) is 2. The Morgan fingerprint density at radius 3 is 2.87 bits per heavy atom. The summed E-state index contributed by atoms with van der Waals surface area (Å²) in [6.45, 7) is 3.12. The van der Waals surface area contributed by atoms with E-state index in [1.807, 2.05) is 0 Å². The smallest absolute Gasteiger partial charge is 0.250 e. The van der Waals surface area contributed by atoms with Gasteiger partial charge < -0.3 is 19.4 Å². The van der Waals surface area contributed by atoms with E-state index in [4.69, 9.17) is 9.47 Å². The first-order chi connectivity index (χ1) is 11.1. The Balaban J connectivity index is 1.86. The molecule has 0 aliphatic heterocycles. The number of hydrogen-bond acceptors (Lipinski definition) is 4. The average Bonchev–Trinajstić information content (AvgIpc) is 2.54. The van der Waals surface area contributed by atoms with Crippen molar-refractivity contribution in [3.05, 3.63) is 28.7 Å². The molecule has 0 spiro atoms. The largest absolute Gasteiger partial charge is 0.383 e. The molecule has 0 saturated heterocycles. The Kier molecular flexibility index (Phi) is 6.80. The topological polar surface area (TPSA) is 69.6 Å². The molecule has 2 rings (SSSR count). The highest BCUT2D eigenvalue weighted by Gasteiger charge is 2.22. The second-order valence-corrected chi connectivity index (χ2v) is 6.10. The van der Waals surface area contributed by atoms with E-state index in [2.05, 4.69) is 12.2 Å². The highest BCUT2D eigenvalue weighted by atomic mass is 16.5. The van der Waals surface area contributed by atoms with Crippen LogP contribution in [0.15, 0.2) is 23.1 Å². The lowest BCUT2D eigenvalue weighted by molar-refractivity contribution is -0.124. The van der Waals surface area contributed by atoms with Gasteiger partial charge in [-0.1, -0.05) is 19.8 Å². The number of nitrogens with one attached hydrogen (secondary N) is 1. The molecule has 0 bridgehead atoms.